The molecular formula is C21H32N4O3. The van der Waals surface area contributed by atoms with E-state index in [1.165, 1.54) is 0 Å². The summed E-state index contributed by atoms with van der Waals surface area (Å²) in [6, 6.07) is 8.15. The predicted molar refractivity (Wildman–Crippen MR) is 111 cm³/mol. The van der Waals surface area contributed by atoms with E-state index in [1.807, 2.05) is 17.0 Å². The summed E-state index contributed by atoms with van der Waals surface area (Å²) in [5.41, 5.74) is 2.14. The summed E-state index contributed by atoms with van der Waals surface area (Å²) in [6.07, 6.45) is 3.66. The van der Waals surface area contributed by atoms with Crippen molar-refractivity contribution in [2.24, 2.45) is 10.9 Å². The zero-order valence-electron chi connectivity index (χ0n) is 16.8. The molecule has 0 radical (unpaired) electrons. The third-order valence-corrected chi connectivity index (χ3v) is 5.14. The fourth-order valence-electron chi connectivity index (χ4n) is 3.47. The van der Waals surface area contributed by atoms with Gasteiger partial charge in [0.2, 0.25) is 5.91 Å². The van der Waals surface area contributed by atoms with Crippen LogP contribution in [-0.4, -0.2) is 58.4 Å². The molecule has 0 saturated carbocycles. The van der Waals surface area contributed by atoms with Crippen molar-refractivity contribution in [2.75, 3.05) is 51.5 Å². The van der Waals surface area contributed by atoms with Gasteiger partial charge in [-0.1, -0.05) is 12.1 Å². The van der Waals surface area contributed by atoms with Gasteiger partial charge in [-0.15, -0.1) is 0 Å². The van der Waals surface area contributed by atoms with Crippen LogP contribution in [0.3, 0.4) is 0 Å². The molecule has 1 atom stereocenters. The number of nitrogens with zero attached hydrogens (tertiary/aromatic N) is 2. The topological polar surface area (TPSA) is 75.2 Å². The molecule has 1 amide bonds. The Morgan fingerprint density at radius 3 is 2.86 bits per heavy atom. The second-order valence-corrected chi connectivity index (χ2v) is 7.33. The fraction of sp³-hybridized carbons (Fsp3) is 0.619. The molecule has 0 aliphatic carbocycles. The lowest BCUT2D eigenvalue weighted by molar-refractivity contribution is -0.117. The number of guanidine groups is 1. The first-order valence-corrected chi connectivity index (χ1v) is 10.3. The number of benzene rings is 1. The molecule has 28 heavy (non-hydrogen) atoms. The Morgan fingerprint density at radius 1 is 1.32 bits per heavy atom. The summed E-state index contributed by atoms with van der Waals surface area (Å²) in [4.78, 5) is 17.9. The van der Waals surface area contributed by atoms with E-state index >= 15 is 0 Å². The molecule has 0 bridgehead atoms. The van der Waals surface area contributed by atoms with Crippen molar-refractivity contribution < 1.29 is 14.3 Å². The summed E-state index contributed by atoms with van der Waals surface area (Å²) in [5.74, 6) is 1.57. The van der Waals surface area contributed by atoms with Gasteiger partial charge in [-0.2, -0.15) is 0 Å². The predicted octanol–water partition coefficient (Wildman–Crippen LogP) is 1.92. The maximum absolute atomic E-state index is 11.8. The number of anilines is 1. The molecule has 0 spiro atoms. The quantitative estimate of drug-likeness (QED) is 0.384. The molecule has 1 aromatic carbocycles. The Kier molecular flexibility index (Phi) is 8.11. The highest BCUT2D eigenvalue weighted by atomic mass is 16.5. The largest absolute Gasteiger partial charge is 0.381 e. The van der Waals surface area contributed by atoms with Crippen LogP contribution in [0.25, 0.3) is 0 Å². The Morgan fingerprint density at radius 2 is 2.18 bits per heavy atom. The van der Waals surface area contributed by atoms with Gasteiger partial charge in [0.15, 0.2) is 5.96 Å². The molecule has 2 aliphatic rings. The molecule has 7 heteroatoms. The minimum Gasteiger partial charge on any atom is -0.381 e. The van der Waals surface area contributed by atoms with Gasteiger partial charge >= 0.3 is 0 Å². The first kappa shape index (κ1) is 20.6. The third kappa shape index (κ3) is 6.21. The molecule has 2 aliphatic heterocycles. The highest BCUT2D eigenvalue weighted by Gasteiger charge is 2.21. The van der Waals surface area contributed by atoms with Crippen molar-refractivity contribution in [1.82, 2.24) is 10.6 Å². The summed E-state index contributed by atoms with van der Waals surface area (Å²) >= 11 is 0. The van der Waals surface area contributed by atoms with Crippen LogP contribution in [0.1, 0.15) is 31.2 Å². The summed E-state index contributed by atoms with van der Waals surface area (Å²) < 4.78 is 11.1. The molecule has 1 aromatic rings. The van der Waals surface area contributed by atoms with Crippen LogP contribution >= 0.6 is 0 Å². The highest BCUT2D eigenvalue weighted by Crippen LogP contribution is 2.21. The second kappa shape index (κ2) is 11.0. The lowest BCUT2D eigenvalue weighted by atomic mass is 10.1. The smallest absolute Gasteiger partial charge is 0.227 e. The molecule has 2 saturated heterocycles. The fourth-order valence-corrected chi connectivity index (χ4v) is 3.47. The van der Waals surface area contributed by atoms with Gasteiger partial charge in [0.25, 0.3) is 0 Å². The molecule has 2 fully saturated rings. The van der Waals surface area contributed by atoms with Gasteiger partial charge in [0.05, 0.1) is 13.2 Å². The number of aliphatic imine (C=N–C) groups is 1. The second-order valence-electron chi connectivity index (χ2n) is 7.33. The van der Waals surface area contributed by atoms with Crippen molar-refractivity contribution >= 4 is 17.6 Å². The van der Waals surface area contributed by atoms with Gasteiger partial charge in [-0.3, -0.25) is 9.79 Å². The third-order valence-electron chi connectivity index (χ3n) is 5.14. The van der Waals surface area contributed by atoms with Crippen molar-refractivity contribution in [1.29, 1.82) is 0 Å². The zero-order valence-corrected chi connectivity index (χ0v) is 16.8. The molecule has 7 nitrogen and oxygen atoms in total. The molecule has 1 unspecified atom stereocenters. The standard InChI is InChI=1S/C21H32N4O3/c1-22-21(23-10-3-12-27-15-18-9-13-28-16-18)24-14-17-5-7-19(8-6-17)25-11-2-4-20(25)26/h5-8,18H,2-4,9-16H2,1H3,(H2,22,23,24). The monoisotopic (exact) mass is 388 g/mol. The van der Waals surface area contributed by atoms with Crippen LogP contribution in [0.15, 0.2) is 29.3 Å². The Labute approximate surface area is 167 Å². The molecule has 2 N–H and O–H groups in total. The number of nitrogens with one attached hydrogen (secondary N) is 2. The van der Waals surface area contributed by atoms with E-state index in [4.69, 9.17) is 9.47 Å². The molecule has 0 aromatic heterocycles. The first-order chi connectivity index (χ1) is 13.8. The van der Waals surface area contributed by atoms with Gasteiger partial charge in [0.1, 0.15) is 0 Å². The van der Waals surface area contributed by atoms with E-state index in [1.54, 1.807) is 7.05 Å². The number of amides is 1. The maximum atomic E-state index is 11.8. The van der Waals surface area contributed by atoms with Crippen LogP contribution in [-0.2, 0) is 20.8 Å². The molecule has 154 valence electrons. The average molecular weight is 389 g/mol. The molecule has 3 rings (SSSR count). The lowest BCUT2D eigenvalue weighted by Gasteiger charge is -2.16. The van der Waals surface area contributed by atoms with Gasteiger partial charge in [-0.05, 0) is 37.0 Å². The van der Waals surface area contributed by atoms with Crippen LogP contribution in [0.2, 0.25) is 0 Å². The van der Waals surface area contributed by atoms with E-state index in [-0.39, 0.29) is 5.91 Å². The van der Waals surface area contributed by atoms with Crippen molar-refractivity contribution in [2.45, 2.75) is 32.2 Å². The summed E-state index contributed by atoms with van der Waals surface area (Å²) in [7, 11) is 1.77. The van der Waals surface area contributed by atoms with E-state index < -0.39 is 0 Å². The molecular weight excluding hydrogens is 356 g/mol. The van der Waals surface area contributed by atoms with Crippen LogP contribution in [0, 0.1) is 5.92 Å². The van der Waals surface area contributed by atoms with Crippen molar-refractivity contribution in [3.63, 3.8) is 0 Å². The zero-order chi connectivity index (χ0) is 19.6. The number of ether oxygens (including phenoxy) is 2. The molecule has 2 heterocycles. The van der Waals surface area contributed by atoms with Gasteiger partial charge in [-0.25, -0.2) is 0 Å². The Balaban J connectivity index is 1.30. The van der Waals surface area contributed by atoms with Gasteiger partial charge < -0.3 is 25.0 Å². The van der Waals surface area contributed by atoms with Crippen molar-refractivity contribution in [3.05, 3.63) is 29.8 Å². The van der Waals surface area contributed by atoms with E-state index in [0.29, 0.717) is 18.9 Å². The minimum atomic E-state index is 0.219. The normalized spacial score (nSPS) is 20.0. The van der Waals surface area contributed by atoms with Crippen LogP contribution in [0.4, 0.5) is 5.69 Å². The van der Waals surface area contributed by atoms with E-state index in [0.717, 1.165) is 76.0 Å². The van der Waals surface area contributed by atoms with Crippen LogP contribution < -0.4 is 15.5 Å². The summed E-state index contributed by atoms with van der Waals surface area (Å²) in [6.45, 7) is 5.58. The average Bonchev–Trinajstić information content (AvgIpc) is 3.39. The summed E-state index contributed by atoms with van der Waals surface area (Å²) in [5, 5.41) is 6.63. The Bertz CT molecular complexity index is 642. The number of carbonyl (C=O) groups is 1. The van der Waals surface area contributed by atoms with E-state index in [9.17, 15) is 4.79 Å². The van der Waals surface area contributed by atoms with Crippen LogP contribution in [0.5, 0.6) is 0 Å². The van der Waals surface area contributed by atoms with Gasteiger partial charge in [0, 0.05) is 57.9 Å². The van der Waals surface area contributed by atoms with E-state index in [2.05, 4.69) is 27.8 Å². The number of rotatable bonds is 9. The minimum absolute atomic E-state index is 0.219. The maximum Gasteiger partial charge on any atom is 0.227 e. The number of hydrogen-bond donors (Lipinski definition) is 2. The number of carbonyl (C=O) groups excluding carboxylic acids is 1. The lowest BCUT2D eigenvalue weighted by Crippen LogP contribution is -2.37. The highest BCUT2D eigenvalue weighted by molar-refractivity contribution is 5.95. The number of hydrogen-bond acceptors (Lipinski definition) is 4. The SMILES string of the molecule is CN=C(NCCCOCC1CCOC1)NCc1ccc(N2CCCC2=O)cc1. The Hall–Kier alpha value is -2.12. The first-order valence-electron chi connectivity index (χ1n) is 10.3. The van der Waals surface area contributed by atoms with Crippen molar-refractivity contribution in [3.8, 4) is 0 Å².